The van der Waals surface area contributed by atoms with E-state index in [0.717, 1.165) is 22.9 Å². The number of aryl methyl sites for hydroxylation is 1. The molecule has 0 bridgehead atoms. The summed E-state index contributed by atoms with van der Waals surface area (Å²) >= 11 is 0. The molecule has 0 heterocycles. The van der Waals surface area contributed by atoms with Crippen molar-refractivity contribution in [1.29, 1.82) is 0 Å². The van der Waals surface area contributed by atoms with Crippen LogP contribution in [0.2, 0.25) is 19.6 Å². The summed E-state index contributed by atoms with van der Waals surface area (Å²) < 4.78 is 28.7. The maximum absolute atomic E-state index is 13.0. The Morgan fingerprint density at radius 2 is 1.12 bits per heavy atom. The van der Waals surface area contributed by atoms with Gasteiger partial charge in [0.25, 0.3) is 0 Å². The largest absolute Gasteiger partial charge is 2.00 e. The molecule has 0 spiro atoms. The number of aliphatic hydroxyl groups is 1. The van der Waals surface area contributed by atoms with E-state index in [9.17, 15) is 13.5 Å². The number of rotatable bonds is 7. The van der Waals surface area contributed by atoms with Gasteiger partial charge in [0.15, 0.2) is 0 Å². The summed E-state index contributed by atoms with van der Waals surface area (Å²) in [6, 6.07) is 5.94. The molecule has 8 heteroatoms. The summed E-state index contributed by atoms with van der Waals surface area (Å²) in [5.41, 5.74) is 2.13. The molecule has 1 aromatic rings. The second kappa shape index (κ2) is 18.9. The third-order valence-corrected chi connectivity index (χ3v) is 9.59. The molecule has 0 unspecified atom stereocenters. The number of hydrogen-bond acceptors (Lipinski definition) is 3. The number of nitrogens with one attached hydrogen (secondary N) is 1. The van der Waals surface area contributed by atoms with Gasteiger partial charge in [-0.1, -0.05) is 37.3 Å². The first-order chi connectivity index (χ1) is 18.1. The minimum Gasteiger partial charge on any atom is -0.391 e. The Kier molecular flexibility index (Phi) is 18.1. The molecule has 4 nitrogen and oxygen atoms in total. The average Bonchev–Trinajstić information content (AvgIpc) is 3.71. The van der Waals surface area contributed by atoms with E-state index in [1.807, 2.05) is 116 Å². The van der Waals surface area contributed by atoms with Gasteiger partial charge in [-0.25, -0.2) is 13.1 Å². The Labute approximate surface area is 269 Å². The zero-order valence-corrected chi connectivity index (χ0v) is 27.2. The predicted molar refractivity (Wildman–Crippen MR) is 157 cm³/mol. The molecule has 0 aliphatic heterocycles. The van der Waals surface area contributed by atoms with Crippen molar-refractivity contribution in [2.45, 2.75) is 43.6 Å². The summed E-state index contributed by atoms with van der Waals surface area (Å²) in [5.74, 6) is 1.54. The van der Waals surface area contributed by atoms with Gasteiger partial charge in [-0.3, -0.25) is 0 Å². The zero-order chi connectivity index (χ0) is 27.6. The molecule has 2 N–H and O–H groups in total. The summed E-state index contributed by atoms with van der Waals surface area (Å²) in [5, 5.41) is 11.2. The standard InChI is InChI=1S/C22H27NO3SSi.2C5H5.2Fe/c1-16-12-14-18(15-13-16)27(25,26)23-21(17-8-5-6-9-17)22(24)19-10-7-11-20(19)28(2,3)4;2*1-2-4-5-3-1;;/h5-15,21-24H,1-4H3;2*1-5H;;/q;;;2*+2/t21-,22+;;;;/m0..../s1. The van der Waals surface area contributed by atoms with Crippen LogP contribution in [0.5, 0.6) is 0 Å². The molecule has 20 radical (unpaired) electrons. The predicted octanol–water partition coefficient (Wildman–Crippen LogP) is 5.10. The van der Waals surface area contributed by atoms with Gasteiger partial charge in [-0.2, -0.15) is 0 Å². The molecule has 4 saturated carbocycles. The Bertz CT molecular complexity index is 884. The van der Waals surface area contributed by atoms with E-state index in [1.165, 1.54) is 0 Å². The van der Waals surface area contributed by atoms with Gasteiger partial charge in [0.2, 0.25) is 10.0 Å². The summed E-state index contributed by atoms with van der Waals surface area (Å²) in [7, 11) is -5.47. The molecule has 0 aromatic heterocycles. The van der Waals surface area contributed by atoms with E-state index in [4.69, 9.17) is 0 Å². The smallest absolute Gasteiger partial charge is 0.391 e. The van der Waals surface area contributed by atoms with Crippen LogP contribution < -0.4 is 4.72 Å². The van der Waals surface area contributed by atoms with Crippen LogP contribution in [0.4, 0.5) is 0 Å². The van der Waals surface area contributed by atoms with Gasteiger partial charge >= 0.3 is 34.1 Å². The fourth-order valence-corrected chi connectivity index (χ4v) is 6.98. The van der Waals surface area contributed by atoms with Crippen molar-refractivity contribution in [2.75, 3.05) is 0 Å². The van der Waals surface area contributed by atoms with E-state index >= 15 is 0 Å². The molecule has 40 heavy (non-hydrogen) atoms. The molecule has 4 aliphatic carbocycles. The summed E-state index contributed by atoms with van der Waals surface area (Å²) in [4.78, 5) is 0.190. The van der Waals surface area contributed by atoms with Gasteiger partial charge in [-0.15, -0.1) is 0 Å². The van der Waals surface area contributed by atoms with Crippen LogP contribution >= 0.6 is 0 Å². The minimum absolute atomic E-state index is 0. The second-order valence-electron chi connectivity index (χ2n) is 10.1. The zero-order valence-electron chi connectivity index (χ0n) is 23.2. The Morgan fingerprint density at radius 1 is 0.675 bits per heavy atom. The topological polar surface area (TPSA) is 66.4 Å². The van der Waals surface area contributed by atoms with Crippen molar-refractivity contribution >= 4 is 18.1 Å². The van der Waals surface area contributed by atoms with E-state index in [1.54, 1.807) is 24.3 Å². The molecule has 210 valence electrons. The van der Waals surface area contributed by atoms with Crippen LogP contribution in [-0.2, 0) is 44.2 Å². The first kappa shape index (κ1) is 38.4. The third-order valence-electron chi connectivity index (χ3n) is 6.06. The first-order valence-electron chi connectivity index (χ1n) is 12.7. The van der Waals surface area contributed by atoms with Crippen molar-refractivity contribution in [3.05, 3.63) is 156 Å². The van der Waals surface area contributed by atoms with Crippen LogP contribution in [0.25, 0.3) is 0 Å². The first-order valence-corrected chi connectivity index (χ1v) is 17.7. The van der Waals surface area contributed by atoms with Crippen molar-refractivity contribution in [1.82, 2.24) is 4.72 Å². The van der Waals surface area contributed by atoms with Gasteiger partial charge in [0, 0.05) is 11.8 Å². The average molecular weight is 655 g/mol. The van der Waals surface area contributed by atoms with Crippen LogP contribution in [-0.4, -0.2) is 33.7 Å². The molecule has 2 atom stereocenters. The number of sulfonamides is 1. The fraction of sp³-hybridized carbons (Fsp3) is 0.188. The maximum atomic E-state index is 13.0. The van der Waals surface area contributed by atoms with E-state index in [0.29, 0.717) is 0 Å². The van der Waals surface area contributed by atoms with Gasteiger partial charge in [-0.05, 0) is 134 Å². The van der Waals surface area contributed by atoms with E-state index < -0.39 is 30.2 Å². The van der Waals surface area contributed by atoms with Gasteiger partial charge in [0.05, 0.1) is 25.1 Å². The van der Waals surface area contributed by atoms with E-state index in [-0.39, 0.29) is 39.0 Å². The molecular weight excluding hydrogens is 618 g/mol. The van der Waals surface area contributed by atoms with Crippen molar-refractivity contribution < 1.29 is 47.7 Å². The normalized spacial score (nSPS) is 21.8. The van der Waals surface area contributed by atoms with Gasteiger partial charge < -0.3 is 5.11 Å². The number of aliphatic hydroxyl groups excluding tert-OH is 1. The van der Waals surface area contributed by atoms with E-state index in [2.05, 4.69) is 24.4 Å². The molecular formula is C32H37Fe2NO3SSi+4. The Morgan fingerprint density at radius 3 is 1.55 bits per heavy atom. The maximum Gasteiger partial charge on any atom is 2.00 e. The Balaban J connectivity index is 0.000000557. The number of benzene rings is 1. The molecule has 4 fully saturated rings. The van der Waals surface area contributed by atoms with Crippen molar-refractivity contribution in [3.8, 4) is 0 Å². The SMILES string of the molecule is Cc1ccc(S(=O)(=O)N[C@@H]([C]2[CH][CH][CH][CH]2)[C@H](O)[C]2[CH][CH][CH][C]2[Si](C)(C)C)cc1.[CH]1[CH][CH][CH][CH]1.[CH]1[CH][CH][CH][CH]1.[Fe+2].[Fe+2]. The quantitative estimate of drug-likeness (QED) is 0.402. The third kappa shape index (κ3) is 12.1. The van der Waals surface area contributed by atoms with Crippen molar-refractivity contribution in [3.63, 3.8) is 0 Å². The van der Waals surface area contributed by atoms with Crippen LogP contribution in [0.1, 0.15) is 5.56 Å². The molecule has 0 amide bonds. The Hall–Kier alpha value is 0.346. The van der Waals surface area contributed by atoms with Crippen LogP contribution in [0.15, 0.2) is 29.2 Å². The monoisotopic (exact) mass is 655 g/mol. The van der Waals surface area contributed by atoms with Crippen LogP contribution in [0.3, 0.4) is 0 Å². The molecule has 4 aliphatic rings. The summed E-state index contributed by atoms with van der Waals surface area (Å²) in [6.07, 6.45) is 32.3. The molecule has 5 rings (SSSR count). The van der Waals surface area contributed by atoms with Crippen molar-refractivity contribution in [2.24, 2.45) is 0 Å². The second-order valence-corrected chi connectivity index (χ2v) is 16.9. The molecule has 1 aromatic carbocycles. The van der Waals surface area contributed by atoms with Crippen LogP contribution in [0, 0.1) is 133 Å². The minimum atomic E-state index is -3.79. The van der Waals surface area contributed by atoms with Gasteiger partial charge in [0.1, 0.15) is 0 Å². The summed E-state index contributed by atoms with van der Waals surface area (Å²) in [6.45, 7) is 8.55. The molecule has 0 saturated heterocycles. The number of hydrogen-bond donors (Lipinski definition) is 2. The fourth-order valence-electron chi connectivity index (χ4n) is 4.06.